The summed E-state index contributed by atoms with van der Waals surface area (Å²) in [4.78, 5) is 21.2. The van der Waals surface area contributed by atoms with Crippen molar-refractivity contribution in [3.63, 3.8) is 0 Å². The average Bonchev–Trinajstić information content (AvgIpc) is 2.71. The molecule has 0 aliphatic carbocycles. The maximum atomic E-state index is 12.9. The SMILES string of the molecule is O=C(CCc1cccnc1)N1CC[C@H]2[C@@H](C1)CN2C/C=C/c1ccc(F)cc1. The van der Waals surface area contributed by atoms with Gasteiger partial charge in [0.25, 0.3) is 0 Å². The predicted octanol–water partition coefficient (Wildman–Crippen LogP) is 3.40. The number of aromatic nitrogens is 1. The molecule has 2 aromatic rings. The highest BCUT2D eigenvalue weighted by Gasteiger charge is 2.42. The molecule has 4 nitrogen and oxygen atoms in total. The van der Waals surface area contributed by atoms with Gasteiger partial charge in [0, 0.05) is 57.0 Å². The number of fused-ring (bicyclic) bond motifs is 1. The number of amides is 1. The number of aryl methyl sites for hydroxylation is 1. The highest BCUT2D eigenvalue weighted by molar-refractivity contribution is 5.76. The molecule has 0 spiro atoms. The Hall–Kier alpha value is -2.53. The summed E-state index contributed by atoms with van der Waals surface area (Å²) in [7, 11) is 0. The second-order valence-corrected chi connectivity index (χ2v) is 7.72. The molecule has 0 unspecified atom stereocenters. The smallest absolute Gasteiger partial charge is 0.222 e. The molecule has 5 heteroatoms. The van der Waals surface area contributed by atoms with Gasteiger partial charge in [-0.2, -0.15) is 0 Å². The molecule has 0 saturated carbocycles. The summed E-state index contributed by atoms with van der Waals surface area (Å²) in [6.45, 7) is 3.69. The van der Waals surface area contributed by atoms with Crippen molar-refractivity contribution in [1.29, 1.82) is 0 Å². The Morgan fingerprint density at radius 1 is 1.21 bits per heavy atom. The van der Waals surface area contributed by atoms with E-state index in [0.29, 0.717) is 18.4 Å². The van der Waals surface area contributed by atoms with Crippen LogP contribution in [-0.2, 0) is 11.2 Å². The number of hydrogen-bond donors (Lipinski definition) is 0. The van der Waals surface area contributed by atoms with Crippen molar-refractivity contribution in [1.82, 2.24) is 14.8 Å². The molecule has 146 valence electrons. The van der Waals surface area contributed by atoms with Gasteiger partial charge in [-0.25, -0.2) is 4.39 Å². The summed E-state index contributed by atoms with van der Waals surface area (Å²) in [5, 5.41) is 0. The van der Waals surface area contributed by atoms with Crippen LogP contribution >= 0.6 is 0 Å². The molecule has 28 heavy (non-hydrogen) atoms. The first-order valence-electron chi connectivity index (χ1n) is 10.0. The number of nitrogens with zero attached hydrogens (tertiary/aromatic N) is 3. The third-order valence-electron chi connectivity index (χ3n) is 5.86. The van der Waals surface area contributed by atoms with Crippen LogP contribution < -0.4 is 0 Å². The molecule has 1 aromatic heterocycles. The van der Waals surface area contributed by atoms with Crippen molar-refractivity contribution in [3.8, 4) is 0 Å². The average molecular weight is 379 g/mol. The Balaban J connectivity index is 1.20. The van der Waals surface area contributed by atoms with Crippen molar-refractivity contribution >= 4 is 12.0 Å². The Morgan fingerprint density at radius 2 is 2.07 bits per heavy atom. The Bertz CT molecular complexity index is 822. The number of hydrogen-bond acceptors (Lipinski definition) is 3. The number of likely N-dealkylation sites (tertiary alicyclic amines) is 2. The topological polar surface area (TPSA) is 36.4 Å². The lowest BCUT2D eigenvalue weighted by molar-refractivity contribution is -0.137. The Kier molecular flexibility index (Phi) is 5.81. The number of pyridine rings is 1. The number of carbonyl (C=O) groups is 1. The molecule has 4 rings (SSSR count). The largest absolute Gasteiger partial charge is 0.342 e. The molecular weight excluding hydrogens is 353 g/mol. The molecule has 3 heterocycles. The lowest BCUT2D eigenvalue weighted by Crippen LogP contribution is -2.63. The summed E-state index contributed by atoms with van der Waals surface area (Å²) in [6.07, 6.45) is 10.2. The summed E-state index contributed by atoms with van der Waals surface area (Å²) >= 11 is 0. The number of piperidine rings is 1. The van der Waals surface area contributed by atoms with E-state index in [1.54, 1.807) is 18.3 Å². The predicted molar refractivity (Wildman–Crippen MR) is 108 cm³/mol. The minimum Gasteiger partial charge on any atom is -0.342 e. The van der Waals surface area contributed by atoms with Crippen LogP contribution in [0.3, 0.4) is 0 Å². The van der Waals surface area contributed by atoms with Gasteiger partial charge in [0.2, 0.25) is 5.91 Å². The molecule has 1 aromatic carbocycles. The fourth-order valence-electron chi connectivity index (χ4n) is 4.27. The maximum absolute atomic E-state index is 12.9. The van der Waals surface area contributed by atoms with E-state index in [2.05, 4.69) is 16.0 Å². The van der Waals surface area contributed by atoms with Gasteiger partial charge in [0.15, 0.2) is 0 Å². The van der Waals surface area contributed by atoms with Gasteiger partial charge in [-0.1, -0.05) is 30.4 Å². The summed E-state index contributed by atoms with van der Waals surface area (Å²) < 4.78 is 12.9. The van der Waals surface area contributed by atoms with Crippen molar-refractivity contribution in [3.05, 3.63) is 71.8 Å². The number of rotatable bonds is 6. The van der Waals surface area contributed by atoms with E-state index >= 15 is 0 Å². The second-order valence-electron chi connectivity index (χ2n) is 7.72. The molecule has 2 fully saturated rings. The standard InChI is InChI=1S/C23H26FN3O/c24-21-8-5-18(6-9-21)4-2-13-26-16-20-17-27(14-11-22(20)26)23(28)10-7-19-3-1-12-25-15-19/h1-6,8-9,12,15,20,22H,7,10-11,13-14,16-17H2/b4-2+/t20-,22+/m1/s1. The van der Waals surface area contributed by atoms with Gasteiger partial charge in [-0.3, -0.25) is 14.7 Å². The van der Waals surface area contributed by atoms with Crippen molar-refractivity contribution in [2.75, 3.05) is 26.2 Å². The fourth-order valence-corrected chi connectivity index (χ4v) is 4.27. The van der Waals surface area contributed by atoms with E-state index in [1.807, 2.05) is 29.3 Å². The van der Waals surface area contributed by atoms with Crippen LogP contribution in [0.1, 0.15) is 24.0 Å². The first kappa shape index (κ1) is 18.8. The minimum atomic E-state index is -0.204. The van der Waals surface area contributed by atoms with E-state index in [-0.39, 0.29) is 11.7 Å². The van der Waals surface area contributed by atoms with Crippen LogP contribution in [0.2, 0.25) is 0 Å². The second kappa shape index (κ2) is 8.65. The van der Waals surface area contributed by atoms with Crippen molar-refractivity contribution < 1.29 is 9.18 Å². The van der Waals surface area contributed by atoms with Crippen LogP contribution in [0, 0.1) is 11.7 Å². The normalized spacial score (nSPS) is 22.1. The molecule has 2 atom stereocenters. The first-order chi connectivity index (χ1) is 13.7. The van der Waals surface area contributed by atoms with Crippen molar-refractivity contribution in [2.24, 2.45) is 5.92 Å². The molecule has 2 aliphatic rings. The quantitative estimate of drug-likeness (QED) is 0.772. The zero-order chi connectivity index (χ0) is 19.3. The van der Waals surface area contributed by atoms with Gasteiger partial charge >= 0.3 is 0 Å². The van der Waals surface area contributed by atoms with Crippen LogP contribution in [0.25, 0.3) is 6.08 Å². The maximum Gasteiger partial charge on any atom is 0.222 e. The third-order valence-corrected chi connectivity index (χ3v) is 5.86. The van der Waals surface area contributed by atoms with Gasteiger partial charge in [0.05, 0.1) is 0 Å². The Labute approximate surface area is 165 Å². The van der Waals surface area contributed by atoms with E-state index in [0.717, 1.165) is 50.1 Å². The third kappa shape index (κ3) is 4.47. The van der Waals surface area contributed by atoms with Gasteiger partial charge in [-0.15, -0.1) is 0 Å². The van der Waals surface area contributed by atoms with Gasteiger partial charge in [0.1, 0.15) is 5.82 Å². The highest BCUT2D eigenvalue weighted by atomic mass is 19.1. The summed E-state index contributed by atoms with van der Waals surface area (Å²) in [5.41, 5.74) is 2.14. The number of halogens is 1. The van der Waals surface area contributed by atoms with Crippen molar-refractivity contribution in [2.45, 2.75) is 25.3 Å². The number of benzene rings is 1. The van der Waals surface area contributed by atoms with E-state index in [1.165, 1.54) is 12.1 Å². The first-order valence-corrected chi connectivity index (χ1v) is 10.0. The summed E-state index contributed by atoms with van der Waals surface area (Å²) in [6, 6.07) is 11.1. The van der Waals surface area contributed by atoms with Crippen LogP contribution in [0.4, 0.5) is 4.39 Å². The summed E-state index contributed by atoms with van der Waals surface area (Å²) in [5.74, 6) is 0.650. The Morgan fingerprint density at radius 3 is 2.82 bits per heavy atom. The molecule has 0 N–H and O–H groups in total. The zero-order valence-corrected chi connectivity index (χ0v) is 16.0. The molecule has 2 aliphatic heterocycles. The molecule has 0 bridgehead atoms. The van der Waals surface area contributed by atoms with Crippen LogP contribution in [0.15, 0.2) is 54.9 Å². The highest BCUT2D eigenvalue weighted by Crippen LogP contribution is 2.32. The van der Waals surface area contributed by atoms with Gasteiger partial charge < -0.3 is 4.90 Å². The lowest BCUT2D eigenvalue weighted by Gasteiger charge is -2.53. The number of carbonyl (C=O) groups excluding carboxylic acids is 1. The van der Waals surface area contributed by atoms with Crippen LogP contribution in [-0.4, -0.2) is 52.9 Å². The molecular formula is C23H26FN3O. The fraction of sp³-hybridized carbons (Fsp3) is 0.391. The monoisotopic (exact) mass is 379 g/mol. The molecule has 0 radical (unpaired) electrons. The van der Waals surface area contributed by atoms with E-state index in [4.69, 9.17) is 0 Å². The van der Waals surface area contributed by atoms with E-state index in [9.17, 15) is 9.18 Å². The van der Waals surface area contributed by atoms with Crippen LogP contribution in [0.5, 0.6) is 0 Å². The lowest BCUT2D eigenvalue weighted by atomic mass is 9.82. The molecule has 1 amide bonds. The van der Waals surface area contributed by atoms with Gasteiger partial charge in [-0.05, 0) is 42.2 Å². The minimum absolute atomic E-state index is 0.204. The zero-order valence-electron chi connectivity index (χ0n) is 16.0. The van der Waals surface area contributed by atoms with E-state index < -0.39 is 0 Å². The molecule has 2 saturated heterocycles.